The van der Waals surface area contributed by atoms with Gasteiger partial charge >= 0.3 is 0 Å². The molecule has 0 radical (unpaired) electrons. The van der Waals surface area contributed by atoms with E-state index in [-0.39, 0.29) is 0 Å². The summed E-state index contributed by atoms with van der Waals surface area (Å²) in [7, 11) is 4.16. The molecule has 0 bridgehead atoms. The van der Waals surface area contributed by atoms with Crippen molar-refractivity contribution >= 4 is 0 Å². The van der Waals surface area contributed by atoms with Gasteiger partial charge in [0.15, 0.2) is 0 Å². The zero-order chi connectivity index (χ0) is 10.6. The highest BCUT2D eigenvalue weighted by atomic mass is 15.1. The van der Waals surface area contributed by atoms with Crippen molar-refractivity contribution in [1.82, 2.24) is 14.5 Å². The molecule has 0 fully saturated rings. The third-order valence-corrected chi connectivity index (χ3v) is 2.25. The summed E-state index contributed by atoms with van der Waals surface area (Å²) in [5.74, 6) is 0. The zero-order valence-corrected chi connectivity index (χ0v) is 9.27. The number of rotatable bonds is 5. The van der Waals surface area contributed by atoms with E-state index >= 15 is 0 Å². The van der Waals surface area contributed by atoms with Gasteiger partial charge in [-0.3, -0.25) is 0 Å². The van der Waals surface area contributed by atoms with Gasteiger partial charge in [0.25, 0.3) is 0 Å². The minimum atomic E-state index is 0.453. The average molecular weight is 196 g/mol. The largest absolute Gasteiger partial charge is 0.330 e. The van der Waals surface area contributed by atoms with E-state index in [0.717, 1.165) is 13.0 Å². The van der Waals surface area contributed by atoms with E-state index in [4.69, 9.17) is 5.73 Å². The number of hydrogen-bond donors (Lipinski definition) is 1. The lowest BCUT2D eigenvalue weighted by Gasteiger charge is -2.20. The minimum Gasteiger partial charge on any atom is -0.330 e. The standard InChI is InChI=1S/C10H20N4/c1-9(7-13(2)3)14-8-12-6-10(14)4-5-11/h6,8-9H,4-5,7,11H2,1-3H3. The van der Waals surface area contributed by atoms with Crippen LogP contribution in [0.2, 0.25) is 0 Å². The maximum absolute atomic E-state index is 5.54. The highest BCUT2D eigenvalue weighted by molar-refractivity contribution is 5.00. The zero-order valence-electron chi connectivity index (χ0n) is 9.27. The first-order valence-corrected chi connectivity index (χ1v) is 5.00. The molecule has 4 nitrogen and oxygen atoms in total. The normalized spacial score (nSPS) is 13.5. The predicted octanol–water partition coefficient (Wildman–Crippen LogP) is 0.507. The van der Waals surface area contributed by atoms with Crippen LogP contribution >= 0.6 is 0 Å². The fraction of sp³-hybridized carbons (Fsp3) is 0.700. The van der Waals surface area contributed by atoms with E-state index in [1.54, 1.807) is 0 Å². The van der Waals surface area contributed by atoms with E-state index in [1.807, 2.05) is 12.5 Å². The maximum atomic E-state index is 5.54. The third-order valence-electron chi connectivity index (χ3n) is 2.25. The number of imidazole rings is 1. The molecule has 1 aromatic rings. The summed E-state index contributed by atoms with van der Waals surface area (Å²) in [5.41, 5.74) is 6.76. The van der Waals surface area contributed by atoms with Crippen molar-refractivity contribution < 1.29 is 0 Å². The Balaban J connectivity index is 2.68. The molecule has 1 atom stereocenters. The van der Waals surface area contributed by atoms with Crippen LogP contribution in [-0.4, -0.2) is 41.6 Å². The van der Waals surface area contributed by atoms with Crippen LogP contribution in [-0.2, 0) is 6.42 Å². The van der Waals surface area contributed by atoms with Crippen molar-refractivity contribution in [3.05, 3.63) is 18.2 Å². The Labute approximate surface area is 85.7 Å². The molecular formula is C10H20N4. The van der Waals surface area contributed by atoms with Gasteiger partial charge in [-0.05, 0) is 27.6 Å². The van der Waals surface area contributed by atoms with Crippen LogP contribution in [0.25, 0.3) is 0 Å². The van der Waals surface area contributed by atoms with Gasteiger partial charge in [-0.15, -0.1) is 0 Å². The monoisotopic (exact) mass is 196 g/mol. The van der Waals surface area contributed by atoms with E-state index in [9.17, 15) is 0 Å². The third kappa shape index (κ3) is 2.82. The first-order valence-electron chi connectivity index (χ1n) is 5.00. The second-order valence-corrected chi connectivity index (χ2v) is 3.94. The van der Waals surface area contributed by atoms with Crippen LogP contribution in [0.1, 0.15) is 18.7 Å². The van der Waals surface area contributed by atoms with Gasteiger partial charge in [0, 0.05) is 30.9 Å². The molecule has 2 N–H and O–H groups in total. The molecule has 0 aromatic carbocycles. The summed E-state index contributed by atoms with van der Waals surface area (Å²) in [6.45, 7) is 3.90. The summed E-state index contributed by atoms with van der Waals surface area (Å²) in [6.07, 6.45) is 4.69. The quantitative estimate of drug-likeness (QED) is 0.746. The van der Waals surface area contributed by atoms with Gasteiger partial charge in [0.05, 0.1) is 6.33 Å². The van der Waals surface area contributed by atoms with Crippen LogP contribution in [0.3, 0.4) is 0 Å². The van der Waals surface area contributed by atoms with Gasteiger partial charge in [-0.25, -0.2) is 4.98 Å². The number of hydrogen-bond acceptors (Lipinski definition) is 3. The Hall–Kier alpha value is -0.870. The minimum absolute atomic E-state index is 0.453. The summed E-state index contributed by atoms with van der Waals surface area (Å²) in [5, 5.41) is 0. The van der Waals surface area contributed by atoms with Gasteiger partial charge in [-0.2, -0.15) is 0 Å². The lowest BCUT2D eigenvalue weighted by atomic mass is 10.2. The Morgan fingerprint density at radius 1 is 1.57 bits per heavy atom. The van der Waals surface area contributed by atoms with E-state index in [1.165, 1.54) is 5.69 Å². The molecule has 80 valence electrons. The van der Waals surface area contributed by atoms with Gasteiger partial charge < -0.3 is 15.2 Å². The van der Waals surface area contributed by atoms with Crippen molar-refractivity contribution in [3.63, 3.8) is 0 Å². The SMILES string of the molecule is CC(CN(C)C)n1cncc1CCN. The van der Waals surface area contributed by atoms with Crippen LogP contribution in [0.5, 0.6) is 0 Å². The number of nitrogens with two attached hydrogens (primary N) is 1. The summed E-state index contributed by atoms with van der Waals surface area (Å²) in [4.78, 5) is 6.34. The van der Waals surface area contributed by atoms with Crippen LogP contribution in [0.4, 0.5) is 0 Å². The predicted molar refractivity (Wildman–Crippen MR) is 58.3 cm³/mol. The molecule has 4 heteroatoms. The molecule has 0 amide bonds. The Morgan fingerprint density at radius 3 is 2.86 bits per heavy atom. The van der Waals surface area contributed by atoms with Gasteiger partial charge in [-0.1, -0.05) is 0 Å². The Morgan fingerprint density at radius 2 is 2.29 bits per heavy atom. The Kier molecular flexibility index (Phi) is 4.10. The van der Waals surface area contributed by atoms with Crippen LogP contribution in [0, 0.1) is 0 Å². The summed E-state index contributed by atoms with van der Waals surface area (Å²) < 4.78 is 2.20. The molecule has 0 spiro atoms. The molecule has 1 rings (SSSR count). The summed E-state index contributed by atoms with van der Waals surface area (Å²) in [6, 6.07) is 0.453. The highest BCUT2D eigenvalue weighted by Crippen LogP contribution is 2.10. The van der Waals surface area contributed by atoms with Crippen LogP contribution < -0.4 is 5.73 Å². The molecule has 14 heavy (non-hydrogen) atoms. The molecule has 1 heterocycles. The van der Waals surface area contributed by atoms with Gasteiger partial charge in [0.2, 0.25) is 0 Å². The smallest absolute Gasteiger partial charge is 0.0951 e. The molecule has 0 aliphatic rings. The maximum Gasteiger partial charge on any atom is 0.0951 e. The first-order chi connectivity index (χ1) is 6.65. The molecule has 1 aromatic heterocycles. The second kappa shape index (κ2) is 5.12. The molecule has 0 aliphatic heterocycles. The number of aromatic nitrogens is 2. The van der Waals surface area contributed by atoms with Crippen molar-refractivity contribution in [3.8, 4) is 0 Å². The van der Waals surface area contributed by atoms with Crippen molar-refractivity contribution in [1.29, 1.82) is 0 Å². The van der Waals surface area contributed by atoms with Crippen molar-refractivity contribution in [2.24, 2.45) is 5.73 Å². The lowest BCUT2D eigenvalue weighted by molar-refractivity contribution is 0.333. The highest BCUT2D eigenvalue weighted by Gasteiger charge is 2.09. The lowest BCUT2D eigenvalue weighted by Crippen LogP contribution is -2.23. The fourth-order valence-electron chi connectivity index (χ4n) is 1.69. The van der Waals surface area contributed by atoms with E-state index in [0.29, 0.717) is 12.6 Å². The van der Waals surface area contributed by atoms with Crippen molar-refractivity contribution in [2.75, 3.05) is 27.2 Å². The van der Waals surface area contributed by atoms with Gasteiger partial charge in [0.1, 0.15) is 0 Å². The van der Waals surface area contributed by atoms with Crippen molar-refractivity contribution in [2.45, 2.75) is 19.4 Å². The Bertz CT molecular complexity index is 267. The number of nitrogens with zero attached hydrogens (tertiary/aromatic N) is 3. The van der Waals surface area contributed by atoms with Crippen LogP contribution in [0.15, 0.2) is 12.5 Å². The fourth-order valence-corrected chi connectivity index (χ4v) is 1.69. The molecule has 0 aliphatic carbocycles. The summed E-state index contributed by atoms with van der Waals surface area (Å²) >= 11 is 0. The second-order valence-electron chi connectivity index (χ2n) is 3.94. The first kappa shape index (κ1) is 11.2. The molecule has 0 saturated carbocycles. The molecule has 1 unspecified atom stereocenters. The number of likely N-dealkylation sites (N-methyl/N-ethyl adjacent to an activating group) is 1. The van der Waals surface area contributed by atoms with E-state index in [2.05, 4.69) is 35.5 Å². The van der Waals surface area contributed by atoms with E-state index < -0.39 is 0 Å². The molecule has 0 saturated heterocycles. The topological polar surface area (TPSA) is 47.1 Å². The molecular weight excluding hydrogens is 176 g/mol. The average Bonchev–Trinajstić information content (AvgIpc) is 2.51.